The minimum absolute atomic E-state index is 0.107. The summed E-state index contributed by atoms with van der Waals surface area (Å²) in [6.45, 7) is 1.25. The Morgan fingerprint density at radius 3 is 3.00 bits per heavy atom. The SMILES string of the molecule is O=C(NCc1cccnc1)c1cc2c3c(c1)CC(=O)N3CCC2. The van der Waals surface area contributed by atoms with Crippen LogP contribution in [0.15, 0.2) is 36.7 Å². The number of nitrogens with one attached hydrogen (secondary N) is 1. The second-order valence-electron chi connectivity index (χ2n) is 6.01. The van der Waals surface area contributed by atoms with E-state index in [1.165, 1.54) is 0 Å². The fraction of sp³-hybridized carbons (Fsp3) is 0.278. The predicted octanol–water partition coefficient (Wildman–Crippen LogP) is 1.85. The van der Waals surface area contributed by atoms with Crippen molar-refractivity contribution >= 4 is 17.5 Å². The van der Waals surface area contributed by atoms with E-state index >= 15 is 0 Å². The molecule has 116 valence electrons. The Hall–Kier alpha value is -2.69. The Morgan fingerprint density at radius 2 is 2.17 bits per heavy atom. The van der Waals surface area contributed by atoms with Gasteiger partial charge in [0.25, 0.3) is 5.91 Å². The number of nitrogens with zero attached hydrogens (tertiary/aromatic N) is 2. The number of benzene rings is 1. The van der Waals surface area contributed by atoms with Crippen LogP contribution in [0.25, 0.3) is 0 Å². The number of amides is 2. The summed E-state index contributed by atoms with van der Waals surface area (Å²) in [5.74, 6) is 0.0400. The molecule has 3 heterocycles. The van der Waals surface area contributed by atoms with Crippen molar-refractivity contribution in [1.82, 2.24) is 10.3 Å². The van der Waals surface area contributed by atoms with Crippen molar-refractivity contribution in [2.45, 2.75) is 25.8 Å². The summed E-state index contributed by atoms with van der Waals surface area (Å²) in [7, 11) is 0. The average molecular weight is 307 g/mol. The van der Waals surface area contributed by atoms with Crippen molar-refractivity contribution in [3.8, 4) is 0 Å². The van der Waals surface area contributed by atoms with Crippen molar-refractivity contribution in [2.24, 2.45) is 0 Å². The normalized spacial score (nSPS) is 15.5. The summed E-state index contributed by atoms with van der Waals surface area (Å²) in [5, 5.41) is 2.92. The van der Waals surface area contributed by atoms with Crippen LogP contribution in [0, 0.1) is 0 Å². The van der Waals surface area contributed by atoms with Gasteiger partial charge in [0, 0.05) is 31.0 Å². The Bertz CT molecular complexity index is 786. The van der Waals surface area contributed by atoms with E-state index in [0.717, 1.165) is 41.8 Å². The third kappa shape index (κ3) is 2.48. The standard InChI is InChI=1S/C18H17N3O2/c22-16-9-14-8-15(7-13-4-2-6-21(16)17(13)14)18(23)20-11-12-3-1-5-19-10-12/h1,3,5,7-8,10H,2,4,6,9,11H2,(H,20,23). The minimum Gasteiger partial charge on any atom is -0.348 e. The molecular formula is C18H17N3O2. The molecule has 0 aliphatic carbocycles. The van der Waals surface area contributed by atoms with Gasteiger partial charge in [0.05, 0.1) is 12.1 Å². The van der Waals surface area contributed by atoms with Crippen LogP contribution in [0.4, 0.5) is 5.69 Å². The summed E-state index contributed by atoms with van der Waals surface area (Å²) in [5.41, 5.74) is 4.75. The van der Waals surface area contributed by atoms with Crippen LogP contribution in [-0.2, 0) is 24.2 Å². The van der Waals surface area contributed by atoms with Gasteiger partial charge >= 0.3 is 0 Å². The largest absolute Gasteiger partial charge is 0.348 e. The molecule has 0 fully saturated rings. The predicted molar refractivity (Wildman–Crippen MR) is 86.2 cm³/mol. The third-order valence-electron chi connectivity index (χ3n) is 4.45. The number of carbonyl (C=O) groups excluding carboxylic acids is 2. The zero-order valence-electron chi connectivity index (χ0n) is 12.7. The Morgan fingerprint density at radius 1 is 1.30 bits per heavy atom. The minimum atomic E-state index is -0.107. The van der Waals surface area contributed by atoms with Gasteiger partial charge in [-0.3, -0.25) is 14.6 Å². The van der Waals surface area contributed by atoms with Gasteiger partial charge in [-0.05, 0) is 47.7 Å². The van der Waals surface area contributed by atoms with Crippen molar-refractivity contribution < 1.29 is 9.59 Å². The van der Waals surface area contributed by atoms with Crippen LogP contribution in [0.5, 0.6) is 0 Å². The highest BCUT2D eigenvalue weighted by atomic mass is 16.2. The van der Waals surface area contributed by atoms with E-state index in [1.807, 2.05) is 29.2 Å². The molecule has 2 aliphatic heterocycles. The molecule has 1 aromatic heterocycles. The molecule has 0 saturated heterocycles. The molecule has 5 heteroatoms. The van der Waals surface area contributed by atoms with Gasteiger partial charge in [-0.15, -0.1) is 0 Å². The van der Waals surface area contributed by atoms with Crippen molar-refractivity contribution in [3.63, 3.8) is 0 Å². The highest BCUT2D eigenvalue weighted by molar-refractivity contribution is 6.04. The molecule has 2 aromatic rings. The Kier molecular flexibility index (Phi) is 3.33. The summed E-state index contributed by atoms with van der Waals surface area (Å²) in [6.07, 6.45) is 5.74. The second-order valence-corrected chi connectivity index (χ2v) is 6.01. The van der Waals surface area contributed by atoms with Crippen molar-refractivity contribution in [2.75, 3.05) is 11.4 Å². The first-order chi connectivity index (χ1) is 11.2. The molecule has 1 aromatic carbocycles. The van der Waals surface area contributed by atoms with E-state index in [4.69, 9.17) is 0 Å². The zero-order chi connectivity index (χ0) is 15.8. The van der Waals surface area contributed by atoms with E-state index < -0.39 is 0 Å². The first-order valence-electron chi connectivity index (χ1n) is 7.85. The number of rotatable bonds is 3. The Balaban J connectivity index is 1.57. The first-order valence-corrected chi connectivity index (χ1v) is 7.85. The highest BCUT2D eigenvalue weighted by Crippen LogP contribution is 2.37. The fourth-order valence-electron chi connectivity index (χ4n) is 3.40. The van der Waals surface area contributed by atoms with Gasteiger partial charge in [-0.2, -0.15) is 0 Å². The first kappa shape index (κ1) is 13.9. The summed E-state index contributed by atoms with van der Waals surface area (Å²) in [4.78, 5) is 30.4. The lowest BCUT2D eigenvalue weighted by molar-refractivity contribution is -0.117. The van der Waals surface area contributed by atoms with E-state index in [2.05, 4.69) is 10.3 Å². The molecule has 0 radical (unpaired) electrons. The topological polar surface area (TPSA) is 62.3 Å². The summed E-state index contributed by atoms with van der Waals surface area (Å²) < 4.78 is 0. The second kappa shape index (κ2) is 5.50. The molecule has 0 bridgehead atoms. The van der Waals surface area contributed by atoms with Gasteiger partial charge in [0.15, 0.2) is 0 Å². The van der Waals surface area contributed by atoms with Crippen LogP contribution >= 0.6 is 0 Å². The molecule has 1 N–H and O–H groups in total. The molecular weight excluding hydrogens is 290 g/mol. The zero-order valence-corrected chi connectivity index (χ0v) is 12.7. The van der Waals surface area contributed by atoms with Crippen LogP contribution in [0.2, 0.25) is 0 Å². The van der Waals surface area contributed by atoms with E-state index in [-0.39, 0.29) is 11.8 Å². The van der Waals surface area contributed by atoms with Gasteiger partial charge in [-0.25, -0.2) is 0 Å². The molecule has 4 rings (SSSR count). The number of aromatic nitrogens is 1. The van der Waals surface area contributed by atoms with Crippen LogP contribution in [-0.4, -0.2) is 23.3 Å². The lowest BCUT2D eigenvalue weighted by Gasteiger charge is -2.25. The number of hydrogen-bond donors (Lipinski definition) is 1. The van der Waals surface area contributed by atoms with Crippen molar-refractivity contribution in [1.29, 1.82) is 0 Å². The van der Waals surface area contributed by atoms with E-state index in [0.29, 0.717) is 18.5 Å². The molecule has 0 atom stereocenters. The van der Waals surface area contributed by atoms with Gasteiger partial charge in [0.2, 0.25) is 5.91 Å². The van der Waals surface area contributed by atoms with Gasteiger partial charge in [0.1, 0.15) is 0 Å². The summed E-state index contributed by atoms with van der Waals surface area (Å²) in [6, 6.07) is 7.57. The molecule has 23 heavy (non-hydrogen) atoms. The Labute approximate surface area is 134 Å². The number of anilines is 1. The number of aryl methyl sites for hydroxylation is 1. The number of carbonyl (C=O) groups is 2. The number of hydrogen-bond acceptors (Lipinski definition) is 3. The maximum absolute atomic E-state index is 12.4. The highest BCUT2D eigenvalue weighted by Gasteiger charge is 2.32. The van der Waals surface area contributed by atoms with E-state index in [1.54, 1.807) is 12.4 Å². The van der Waals surface area contributed by atoms with Gasteiger partial charge in [-0.1, -0.05) is 6.07 Å². The fourth-order valence-corrected chi connectivity index (χ4v) is 3.40. The lowest BCUT2D eigenvalue weighted by atomic mass is 9.96. The maximum Gasteiger partial charge on any atom is 0.251 e. The third-order valence-corrected chi connectivity index (χ3v) is 4.45. The number of pyridine rings is 1. The molecule has 0 spiro atoms. The lowest BCUT2D eigenvalue weighted by Crippen LogP contribution is -2.31. The monoisotopic (exact) mass is 307 g/mol. The van der Waals surface area contributed by atoms with E-state index in [9.17, 15) is 9.59 Å². The quantitative estimate of drug-likeness (QED) is 0.941. The molecule has 2 amide bonds. The molecule has 0 saturated carbocycles. The molecule has 2 aliphatic rings. The van der Waals surface area contributed by atoms with Crippen LogP contribution in [0.3, 0.4) is 0 Å². The molecule has 5 nitrogen and oxygen atoms in total. The smallest absolute Gasteiger partial charge is 0.251 e. The van der Waals surface area contributed by atoms with Gasteiger partial charge < -0.3 is 10.2 Å². The van der Waals surface area contributed by atoms with Crippen LogP contribution < -0.4 is 10.2 Å². The maximum atomic E-state index is 12.4. The average Bonchev–Trinajstić information content (AvgIpc) is 2.91. The van der Waals surface area contributed by atoms with Crippen molar-refractivity contribution in [3.05, 3.63) is 58.9 Å². The molecule has 0 unspecified atom stereocenters. The van der Waals surface area contributed by atoms with Crippen LogP contribution in [0.1, 0.15) is 33.5 Å². The summed E-state index contributed by atoms with van der Waals surface area (Å²) >= 11 is 0.